The van der Waals surface area contributed by atoms with Crippen molar-refractivity contribution in [3.8, 4) is 0 Å². The fraction of sp³-hybridized carbons (Fsp3) is 0.900. The van der Waals surface area contributed by atoms with Crippen molar-refractivity contribution < 1.29 is 8.42 Å². The van der Waals surface area contributed by atoms with Crippen LogP contribution < -0.4 is 0 Å². The van der Waals surface area contributed by atoms with Crippen LogP contribution in [0.4, 0.5) is 0 Å². The van der Waals surface area contributed by atoms with E-state index in [1.54, 1.807) is 0 Å². The molecule has 4 nitrogen and oxygen atoms in total. The Hall–Kier alpha value is -0.580. The molecule has 2 fully saturated rings. The van der Waals surface area contributed by atoms with Crippen molar-refractivity contribution in [2.75, 3.05) is 18.1 Å². The van der Waals surface area contributed by atoms with E-state index in [1.165, 1.54) is 0 Å². The molecule has 0 radical (unpaired) electrons. The molecular weight excluding hydrogens is 212 g/mol. The Morgan fingerprint density at radius 2 is 2.07 bits per heavy atom. The predicted octanol–water partition coefficient (Wildman–Crippen LogP) is 1.03. The summed E-state index contributed by atoms with van der Waals surface area (Å²) in [7, 11) is -2.84. The molecule has 2 saturated heterocycles. The zero-order chi connectivity index (χ0) is 10.9. The molecule has 1 atom stereocenters. The molecule has 0 saturated carbocycles. The van der Waals surface area contributed by atoms with Gasteiger partial charge in [-0.15, -0.1) is 0 Å². The topological polar surface area (TPSA) is 61.2 Å². The first-order chi connectivity index (χ1) is 7.08. The van der Waals surface area contributed by atoms with Gasteiger partial charge in [-0.25, -0.2) is 8.42 Å². The number of amidine groups is 1. The third kappa shape index (κ3) is 2.51. The lowest BCUT2D eigenvalue weighted by Gasteiger charge is -2.38. The van der Waals surface area contributed by atoms with Crippen LogP contribution in [0.25, 0.3) is 0 Å². The molecule has 5 heteroatoms. The number of likely N-dealkylation sites (tertiary alicyclic amines) is 1. The summed E-state index contributed by atoms with van der Waals surface area (Å²) in [5.41, 5.74) is 0. The molecule has 0 amide bonds. The lowest BCUT2D eigenvalue weighted by atomic mass is 10.0. The molecule has 0 aromatic rings. The van der Waals surface area contributed by atoms with Crippen molar-refractivity contribution in [1.29, 1.82) is 5.41 Å². The van der Waals surface area contributed by atoms with E-state index in [1.807, 2.05) is 4.90 Å². The molecule has 2 aliphatic heterocycles. The smallest absolute Gasteiger partial charge is 0.152 e. The SMILES string of the molecule is N=C1CCCCN1C1CCCS(=O)(=O)C1. The molecule has 0 aromatic carbocycles. The quantitative estimate of drug-likeness (QED) is 0.731. The van der Waals surface area contributed by atoms with Gasteiger partial charge in [0.05, 0.1) is 17.3 Å². The van der Waals surface area contributed by atoms with Crippen LogP contribution in [0.15, 0.2) is 0 Å². The number of piperidine rings is 1. The van der Waals surface area contributed by atoms with Crippen molar-refractivity contribution in [1.82, 2.24) is 4.90 Å². The minimum absolute atomic E-state index is 0.0801. The molecule has 2 aliphatic rings. The molecule has 0 aromatic heterocycles. The monoisotopic (exact) mass is 230 g/mol. The highest BCUT2D eigenvalue weighted by atomic mass is 32.2. The second-order valence-electron chi connectivity index (χ2n) is 4.51. The number of nitrogens with one attached hydrogen (secondary N) is 1. The number of sulfone groups is 1. The van der Waals surface area contributed by atoms with Crippen molar-refractivity contribution in [2.45, 2.75) is 38.1 Å². The zero-order valence-electron chi connectivity index (χ0n) is 8.91. The molecule has 1 unspecified atom stereocenters. The number of hydrogen-bond acceptors (Lipinski definition) is 3. The van der Waals surface area contributed by atoms with Gasteiger partial charge in [-0.05, 0) is 25.7 Å². The second-order valence-corrected chi connectivity index (χ2v) is 6.74. The molecule has 0 spiro atoms. The molecule has 0 bridgehead atoms. The fourth-order valence-electron chi connectivity index (χ4n) is 2.50. The maximum atomic E-state index is 11.5. The van der Waals surface area contributed by atoms with Crippen LogP contribution in [0.1, 0.15) is 32.1 Å². The molecular formula is C10H18N2O2S. The largest absolute Gasteiger partial charge is 0.357 e. The van der Waals surface area contributed by atoms with Crippen LogP contribution in [0, 0.1) is 5.41 Å². The Morgan fingerprint density at radius 1 is 1.27 bits per heavy atom. The number of rotatable bonds is 1. The van der Waals surface area contributed by atoms with Crippen molar-refractivity contribution in [3.05, 3.63) is 0 Å². The van der Waals surface area contributed by atoms with Gasteiger partial charge in [0, 0.05) is 19.0 Å². The fourth-order valence-corrected chi connectivity index (χ4v) is 4.21. The molecule has 0 aliphatic carbocycles. The van der Waals surface area contributed by atoms with E-state index in [4.69, 9.17) is 5.41 Å². The van der Waals surface area contributed by atoms with Gasteiger partial charge in [-0.1, -0.05) is 0 Å². The van der Waals surface area contributed by atoms with Crippen LogP contribution in [-0.2, 0) is 9.84 Å². The van der Waals surface area contributed by atoms with Crippen molar-refractivity contribution >= 4 is 15.7 Å². The standard InChI is InChI=1S/C10H18N2O2S/c11-10-5-1-2-6-12(10)9-4-3-7-15(13,14)8-9/h9,11H,1-8H2. The normalized spacial score (nSPS) is 31.6. The summed E-state index contributed by atoms with van der Waals surface area (Å²) >= 11 is 0. The summed E-state index contributed by atoms with van der Waals surface area (Å²) < 4.78 is 23.0. The van der Waals surface area contributed by atoms with E-state index in [0.29, 0.717) is 11.6 Å². The van der Waals surface area contributed by atoms with E-state index in [9.17, 15) is 8.42 Å². The van der Waals surface area contributed by atoms with Gasteiger partial charge in [0.1, 0.15) is 0 Å². The zero-order valence-corrected chi connectivity index (χ0v) is 9.72. The lowest BCUT2D eigenvalue weighted by molar-refractivity contribution is 0.277. The Labute approximate surface area is 91.1 Å². The Kier molecular flexibility index (Phi) is 3.00. The van der Waals surface area contributed by atoms with Crippen molar-refractivity contribution in [3.63, 3.8) is 0 Å². The first-order valence-corrected chi connectivity index (χ1v) is 7.45. The molecule has 2 heterocycles. The highest BCUT2D eigenvalue weighted by Crippen LogP contribution is 2.22. The van der Waals surface area contributed by atoms with Gasteiger partial charge in [-0.3, -0.25) is 5.41 Å². The molecule has 2 rings (SSSR count). The average Bonchev–Trinajstić information content (AvgIpc) is 2.17. The average molecular weight is 230 g/mol. The molecule has 15 heavy (non-hydrogen) atoms. The van der Waals surface area contributed by atoms with Gasteiger partial charge >= 0.3 is 0 Å². The van der Waals surface area contributed by atoms with Gasteiger partial charge < -0.3 is 4.90 Å². The van der Waals surface area contributed by atoms with Gasteiger partial charge in [0.25, 0.3) is 0 Å². The molecule has 1 N–H and O–H groups in total. The number of nitrogens with zero attached hydrogens (tertiary/aromatic N) is 1. The highest BCUT2D eigenvalue weighted by Gasteiger charge is 2.31. The van der Waals surface area contributed by atoms with Crippen LogP contribution in [0.2, 0.25) is 0 Å². The third-order valence-electron chi connectivity index (χ3n) is 3.29. The second kappa shape index (κ2) is 4.12. The molecule has 86 valence electrons. The van der Waals surface area contributed by atoms with Crippen molar-refractivity contribution in [2.24, 2.45) is 0 Å². The van der Waals surface area contributed by atoms with Crippen LogP contribution in [-0.4, -0.2) is 43.2 Å². The maximum Gasteiger partial charge on any atom is 0.152 e. The predicted molar refractivity (Wildman–Crippen MR) is 60.0 cm³/mol. The Balaban J connectivity index is 2.06. The highest BCUT2D eigenvalue weighted by molar-refractivity contribution is 7.91. The van der Waals surface area contributed by atoms with Crippen LogP contribution in [0.3, 0.4) is 0 Å². The van der Waals surface area contributed by atoms with Crippen LogP contribution in [0.5, 0.6) is 0 Å². The first-order valence-electron chi connectivity index (χ1n) is 5.63. The third-order valence-corrected chi connectivity index (χ3v) is 5.09. The van der Waals surface area contributed by atoms with E-state index >= 15 is 0 Å². The van der Waals surface area contributed by atoms with E-state index in [0.717, 1.165) is 38.6 Å². The summed E-state index contributed by atoms with van der Waals surface area (Å²) in [6, 6.07) is 0.0801. The maximum absolute atomic E-state index is 11.5. The summed E-state index contributed by atoms with van der Waals surface area (Å²) in [4.78, 5) is 2.01. The summed E-state index contributed by atoms with van der Waals surface area (Å²) in [5, 5.41) is 7.84. The van der Waals surface area contributed by atoms with Crippen LogP contribution >= 0.6 is 0 Å². The minimum Gasteiger partial charge on any atom is -0.357 e. The van der Waals surface area contributed by atoms with E-state index in [-0.39, 0.29) is 11.8 Å². The Bertz CT molecular complexity index is 350. The first kappa shape index (κ1) is 10.9. The summed E-state index contributed by atoms with van der Waals surface area (Å²) in [6.07, 6.45) is 4.68. The van der Waals surface area contributed by atoms with Gasteiger partial charge in [0.2, 0.25) is 0 Å². The summed E-state index contributed by atoms with van der Waals surface area (Å²) in [5.74, 6) is 1.24. The summed E-state index contributed by atoms with van der Waals surface area (Å²) in [6.45, 7) is 0.874. The lowest BCUT2D eigenvalue weighted by Crippen LogP contribution is -2.48. The minimum atomic E-state index is -2.84. The van der Waals surface area contributed by atoms with Gasteiger partial charge in [0.15, 0.2) is 9.84 Å². The Morgan fingerprint density at radius 3 is 2.73 bits per heavy atom. The number of hydrogen-bond donors (Lipinski definition) is 1. The van der Waals surface area contributed by atoms with E-state index in [2.05, 4.69) is 0 Å². The van der Waals surface area contributed by atoms with Gasteiger partial charge in [-0.2, -0.15) is 0 Å². The van der Waals surface area contributed by atoms with E-state index < -0.39 is 9.84 Å².